The molecule has 1 aromatic rings. The molecule has 0 bridgehead atoms. The molecule has 1 aromatic carbocycles. The van der Waals surface area contributed by atoms with Crippen molar-refractivity contribution in [3.63, 3.8) is 0 Å². The smallest absolute Gasteiger partial charge is 0.218 e. The Morgan fingerprint density at radius 1 is 1.36 bits per heavy atom. The van der Waals surface area contributed by atoms with Crippen molar-refractivity contribution < 1.29 is 0 Å². The summed E-state index contributed by atoms with van der Waals surface area (Å²) in [7, 11) is 0. The number of fused-ring (bicyclic) bond motifs is 1. The number of benzene rings is 1. The molecule has 4 heterocycles. The van der Waals surface area contributed by atoms with E-state index in [2.05, 4.69) is 43.5 Å². The van der Waals surface area contributed by atoms with Gasteiger partial charge in [-0.25, -0.2) is 9.98 Å². The molecule has 8 heteroatoms. The van der Waals surface area contributed by atoms with E-state index in [4.69, 9.17) is 4.99 Å². The normalized spacial score (nSPS) is 28.2. The molecule has 5 rings (SSSR count). The van der Waals surface area contributed by atoms with E-state index in [0.29, 0.717) is 17.6 Å². The van der Waals surface area contributed by atoms with Crippen LogP contribution in [0.3, 0.4) is 0 Å². The molecule has 0 aliphatic carbocycles. The van der Waals surface area contributed by atoms with Gasteiger partial charge in [0.15, 0.2) is 5.50 Å². The van der Waals surface area contributed by atoms with Crippen LogP contribution in [0.15, 0.2) is 51.6 Å². The summed E-state index contributed by atoms with van der Waals surface area (Å²) >= 11 is 1.74. The summed E-state index contributed by atoms with van der Waals surface area (Å²) in [6, 6.07) is 10.3. The molecule has 0 spiro atoms. The van der Waals surface area contributed by atoms with E-state index >= 15 is 0 Å². The first kappa shape index (κ1) is 17.3. The molecule has 1 saturated heterocycles. The average Bonchev–Trinajstić information content (AvgIpc) is 3.45. The summed E-state index contributed by atoms with van der Waals surface area (Å²) in [5.41, 5.74) is 4.00. The van der Waals surface area contributed by atoms with Gasteiger partial charge >= 0.3 is 0 Å². The van der Waals surface area contributed by atoms with Crippen LogP contribution in [-0.4, -0.2) is 47.7 Å². The highest BCUT2D eigenvalue weighted by atomic mass is 32.2. The van der Waals surface area contributed by atoms with Crippen molar-refractivity contribution >= 4 is 29.6 Å². The number of nitrogens with zero attached hydrogens (tertiary/aromatic N) is 4. The lowest BCUT2D eigenvalue weighted by Crippen LogP contribution is -2.38. The molecule has 0 radical (unpaired) electrons. The maximum Gasteiger partial charge on any atom is 0.218 e. The van der Waals surface area contributed by atoms with E-state index in [1.54, 1.807) is 11.8 Å². The molecule has 1 fully saturated rings. The first-order valence-corrected chi connectivity index (χ1v) is 10.5. The molecule has 3 atom stereocenters. The van der Waals surface area contributed by atoms with Gasteiger partial charge in [-0.2, -0.15) is 5.26 Å². The van der Waals surface area contributed by atoms with Gasteiger partial charge in [0.1, 0.15) is 6.04 Å². The highest BCUT2D eigenvalue weighted by Crippen LogP contribution is 2.40. The molecule has 28 heavy (non-hydrogen) atoms. The second-order valence-corrected chi connectivity index (χ2v) is 8.12. The lowest BCUT2D eigenvalue weighted by Gasteiger charge is -2.25. The van der Waals surface area contributed by atoms with E-state index in [9.17, 15) is 5.26 Å². The van der Waals surface area contributed by atoms with Crippen LogP contribution in [-0.2, 0) is 0 Å². The number of aliphatic imine (C=N–C) groups is 2. The highest BCUT2D eigenvalue weighted by Gasteiger charge is 2.38. The maximum atomic E-state index is 9.29. The van der Waals surface area contributed by atoms with Crippen LogP contribution in [0.5, 0.6) is 0 Å². The quantitative estimate of drug-likeness (QED) is 0.728. The minimum Gasteiger partial charge on any atom is -0.354 e. The van der Waals surface area contributed by atoms with Crippen LogP contribution in [0.1, 0.15) is 24.0 Å². The molecule has 0 saturated carbocycles. The molecule has 0 aromatic heterocycles. The van der Waals surface area contributed by atoms with Gasteiger partial charge in [-0.3, -0.25) is 0 Å². The van der Waals surface area contributed by atoms with Crippen molar-refractivity contribution in [2.24, 2.45) is 9.98 Å². The van der Waals surface area contributed by atoms with Gasteiger partial charge in [-0.15, -0.1) is 0 Å². The lowest BCUT2D eigenvalue weighted by molar-refractivity contribution is 0.432. The van der Waals surface area contributed by atoms with Crippen molar-refractivity contribution in [2.75, 3.05) is 13.1 Å². The maximum absolute atomic E-state index is 9.29. The third-order valence-corrected chi connectivity index (χ3v) is 6.18. The Hall–Kier alpha value is -2.76. The Kier molecular flexibility index (Phi) is 4.55. The van der Waals surface area contributed by atoms with E-state index in [1.807, 2.05) is 30.5 Å². The molecule has 4 aliphatic heterocycles. The molecule has 3 unspecified atom stereocenters. The second-order valence-electron chi connectivity index (χ2n) is 7.13. The summed E-state index contributed by atoms with van der Waals surface area (Å²) in [4.78, 5) is 11.7. The molecule has 3 N–H and O–H groups in total. The Balaban J connectivity index is 1.50. The topological polar surface area (TPSA) is 87.8 Å². The van der Waals surface area contributed by atoms with Gasteiger partial charge in [-0.1, -0.05) is 23.9 Å². The summed E-state index contributed by atoms with van der Waals surface area (Å²) in [6.45, 7) is 1.98. The number of nitrogens with one attached hydrogen (secondary N) is 3. The van der Waals surface area contributed by atoms with Gasteiger partial charge in [-0.05, 0) is 30.5 Å². The van der Waals surface area contributed by atoms with Gasteiger partial charge in [0.25, 0.3) is 0 Å². The minimum atomic E-state index is -0.0176. The van der Waals surface area contributed by atoms with Gasteiger partial charge in [0.05, 0.1) is 23.0 Å². The fraction of sp³-hybridized carbons (Fsp3) is 0.350. The number of nitriles is 1. The van der Waals surface area contributed by atoms with E-state index in [1.165, 1.54) is 0 Å². The van der Waals surface area contributed by atoms with Crippen molar-refractivity contribution in [1.82, 2.24) is 20.9 Å². The van der Waals surface area contributed by atoms with Gasteiger partial charge in [0.2, 0.25) is 5.96 Å². The second kappa shape index (κ2) is 7.34. The third kappa shape index (κ3) is 3.17. The Bertz CT molecular complexity index is 936. The van der Waals surface area contributed by atoms with Crippen molar-refractivity contribution in [1.29, 1.82) is 5.26 Å². The van der Waals surface area contributed by atoms with Crippen molar-refractivity contribution in [3.05, 3.63) is 52.7 Å². The third-order valence-electron chi connectivity index (χ3n) is 5.29. The molecule has 7 nitrogen and oxygen atoms in total. The monoisotopic (exact) mass is 391 g/mol. The summed E-state index contributed by atoms with van der Waals surface area (Å²) in [5.74, 6) is 0.710. The van der Waals surface area contributed by atoms with Crippen LogP contribution in [0.25, 0.3) is 5.70 Å². The summed E-state index contributed by atoms with van der Waals surface area (Å²) in [5, 5.41) is 21.8. The number of thioether (sulfide) groups is 1. The van der Waals surface area contributed by atoms with E-state index < -0.39 is 0 Å². The van der Waals surface area contributed by atoms with Crippen LogP contribution >= 0.6 is 11.8 Å². The van der Waals surface area contributed by atoms with Crippen LogP contribution in [0.4, 0.5) is 0 Å². The summed E-state index contributed by atoms with van der Waals surface area (Å²) in [6.07, 6.45) is 5.91. The summed E-state index contributed by atoms with van der Waals surface area (Å²) < 4.78 is 0. The van der Waals surface area contributed by atoms with Crippen molar-refractivity contribution in [3.8, 4) is 6.07 Å². The number of rotatable bonds is 3. The lowest BCUT2D eigenvalue weighted by atomic mass is 10.0. The van der Waals surface area contributed by atoms with Crippen LogP contribution < -0.4 is 16.0 Å². The van der Waals surface area contributed by atoms with Crippen LogP contribution in [0.2, 0.25) is 0 Å². The zero-order valence-corrected chi connectivity index (χ0v) is 16.1. The molecule has 0 amide bonds. The van der Waals surface area contributed by atoms with Gasteiger partial charge in [0, 0.05) is 37.0 Å². The Morgan fingerprint density at radius 2 is 2.32 bits per heavy atom. The standard InChI is InChI=1S/C20H21N7S/c21-11-13-2-1-3-14(10-13)17-18(27-8-9-28-20(27)26-17)16-5-7-23-19(25-16)24-15-4-6-22-12-15/h1-3,7-10,15-16,20,22,26H,4-6,12H2,(H,24,25). The fourth-order valence-corrected chi connectivity index (χ4v) is 4.80. The van der Waals surface area contributed by atoms with Gasteiger partial charge < -0.3 is 20.9 Å². The highest BCUT2D eigenvalue weighted by molar-refractivity contribution is 8.02. The van der Waals surface area contributed by atoms with E-state index in [-0.39, 0.29) is 11.5 Å². The zero-order valence-electron chi connectivity index (χ0n) is 15.3. The van der Waals surface area contributed by atoms with E-state index in [0.717, 1.165) is 42.9 Å². The fourth-order valence-electron chi connectivity index (χ4n) is 3.95. The van der Waals surface area contributed by atoms with Crippen molar-refractivity contribution in [2.45, 2.75) is 30.4 Å². The Morgan fingerprint density at radius 3 is 3.18 bits per heavy atom. The molecule has 4 aliphatic rings. The predicted molar refractivity (Wildman–Crippen MR) is 112 cm³/mol. The SMILES string of the molecule is N#Cc1cccc(C2=C(C3CC=NC(NC4CCNC4)=N3)N3C=CSC3N2)c1. The number of guanidine groups is 1. The first-order valence-electron chi connectivity index (χ1n) is 9.51. The largest absolute Gasteiger partial charge is 0.354 e. The number of hydrogen-bond acceptors (Lipinski definition) is 8. The average molecular weight is 392 g/mol. The zero-order chi connectivity index (χ0) is 18.9. The minimum absolute atomic E-state index is 0.0176. The number of hydrogen-bond donors (Lipinski definition) is 3. The first-order chi connectivity index (χ1) is 13.8. The predicted octanol–water partition coefficient (Wildman–Crippen LogP) is 1.78. The van der Waals surface area contributed by atoms with Crippen LogP contribution in [0, 0.1) is 11.3 Å². The molecular weight excluding hydrogens is 370 g/mol. The molecular formula is C20H21N7S. The Labute approximate surface area is 168 Å². The molecule has 142 valence electrons.